The number of rotatable bonds is 6. The summed E-state index contributed by atoms with van der Waals surface area (Å²) in [5, 5.41) is 2.25. The van der Waals surface area contributed by atoms with Gasteiger partial charge in [0.2, 0.25) is 15.9 Å². The Morgan fingerprint density at radius 3 is 2.08 bits per heavy atom. The summed E-state index contributed by atoms with van der Waals surface area (Å²) in [5.74, 6) is -2.89. The zero-order valence-corrected chi connectivity index (χ0v) is 13.0. The Balaban J connectivity index is 1.89. The molecular weight excluding hydrogens is 345 g/mol. The summed E-state index contributed by atoms with van der Waals surface area (Å²) in [4.78, 5) is 11.5. The highest BCUT2D eigenvalue weighted by molar-refractivity contribution is 7.89. The molecule has 0 bridgehead atoms. The van der Waals surface area contributed by atoms with Crippen molar-refractivity contribution in [3.05, 3.63) is 59.9 Å². The Labute approximate surface area is 136 Å². The molecule has 0 aromatic heterocycles. The Hall–Kier alpha value is -2.39. The number of hydrogen-bond donors (Lipinski definition) is 2. The monoisotopic (exact) mass is 358 g/mol. The SMILES string of the molecule is O=C(CCNS(=O)(=O)c1ccc(F)cc1)Nc1cc(F)cc(F)c1. The molecule has 1 amide bonds. The van der Waals surface area contributed by atoms with Gasteiger partial charge in [0.25, 0.3) is 0 Å². The van der Waals surface area contributed by atoms with Crippen molar-refractivity contribution in [1.29, 1.82) is 0 Å². The number of halogens is 3. The van der Waals surface area contributed by atoms with Crippen molar-refractivity contribution in [3.63, 3.8) is 0 Å². The maximum absolute atomic E-state index is 13.0. The first-order valence-corrected chi connectivity index (χ1v) is 8.26. The van der Waals surface area contributed by atoms with Crippen LogP contribution in [0.25, 0.3) is 0 Å². The third-order valence-corrected chi connectivity index (χ3v) is 4.39. The predicted molar refractivity (Wildman–Crippen MR) is 81.2 cm³/mol. The summed E-state index contributed by atoms with van der Waals surface area (Å²) in [7, 11) is -3.88. The second-order valence-electron chi connectivity index (χ2n) is 4.81. The molecule has 2 N–H and O–H groups in total. The van der Waals surface area contributed by atoms with Crippen LogP contribution >= 0.6 is 0 Å². The molecule has 2 rings (SSSR count). The normalized spacial score (nSPS) is 11.3. The molecule has 2 aromatic rings. The van der Waals surface area contributed by atoms with Crippen LogP contribution in [-0.4, -0.2) is 20.9 Å². The number of carbonyl (C=O) groups excluding carboxylic acids is 1. The van der Waals surface area contributed by atoms with Crippen LogP contribution in [0.5, 0.6) is 0 Å². The van der Waals surface area contributed by atoms with Gasteiger partial charge in [0.15, 0.2) is 0 Å². The Morgan fingerprint density at radius 2 is 1.50 bits per heavy atom. The number of benzene rings is 2. The van der Waals surface area contributed by atoms with Crippen molar-refractivity contribution < 1.29 is 26.4 Å². The number of hydrogen-bond acceptors (Lipinski definition) is 3. The molecule has 0 spiro atoms. The minimum absolute atomic E-state index is 0.0705. The summed E-state index contributed by atoms with van der Waals surface area (Å²) in [6.07, 6.45) is -0.251. The van der Waals surface area contributed by atoms with E-state index in [1.54, 1.807) is 0 Å². The average molecular weight is 358 g/mol. The number of amides is 1. The van der Waals surface area contributed by atoms with Gasteiger partial charge in [-0.2, -0.15) is 0 Å². The van der Waals surface area contributed by atoms with Gasteiger partial charge in [0.1, 0.15) is 17.5 Å². The maximum Gasteiger partial charge on any atom is 0.240 e. The summed E-state index contributed by atoms with van der Waals surface area (Å²) in [6, 6.07) is 6.71. The molecule has 0 aliphatic carbocycles. The molecular formula is C15H13F3N2O3S. The minimum Gasteiger partial charge on any atom is -0.326 e. The molecule has 2 aromatic carbocycles. The molecule has 0 aliphatic heterocycles. The smallest absolute Gasteiger partial charge is 0.240 e. The average Bonchev–Trinajstić information content (AvgIpc) is 2.46. The third-order valence-electron chi connectivity index (χ3n) is 2.91. The fraction of sp³-hybridized carbons (Fsp3) is 0.133. The standard InChI is InChI=1S/C15H13F3N2O3S/c16-10-1-3-14(4-2-10)24(22,23)19-6-5-15(21)20-13-8-11(17)7-12(18)9-13/h1-4,7-9,19H,5-6H2,(H,20,21). The first-order chi connectivity index (χ1) is 11.3. The van der Waals surface area contributed by atoms with Gasteiger partial charge >= 0.3 is 0 Å². The largest absolute Gasteiger partial charge is 0.326 e. The van der Waals surface area contributed by atoms with Crippen molar-refractivity contribution in [2.24, 2.45) is 0 Å². The van der Waals surface area contributed by atoms with E-state index in [1.165, 1.54) is 0 Å². The topological polar surface area (TPSA) is 75.3 Å². The Morgan fingerprint density at radius 1 is 0.917 bits per heavy atom. The first-order valence-electron chi connectivity index (χ1n) is 6.77. The highest BCUT2D eigenvalue weighted by atomic mass is 32.2. The molecule has 0 aliphatic rings. The van der Waals surface area contributed by atoms with E-state index in [9.17, 15) is 26.4 Å². The van der Waals surface area contributed by atoms with Gasteiger partial charge in [-0.1, -0.05) is 0 Å². The molecule has 9 heteroatoms. The van der Waals surface area contributed by atoms with Crippen LogP contribution in [0.2, 0.25) is 0 Å². The lowest BCUT2D eigenvalue weighted by Crippen LogP contribution is -2.27. The van der Waals surface area contributed by atoms with Crippen LogP contribution < -0.4 is 10.0 Å². The zero-order chi connectivity index (χ0) is 17.7. The van der Waals surface area contributed by atoms with Gasteiger partial charge in [-0.15, -0.1) is 0 Å². The van der Waals surface area contributed by atoms with Crippen molar-refractivity contribution >= 4 is 21.6 Å². The van der Waals surface area contributed by atoms with Crippen LogP contribution in [-0.2, 0) is 14.8 Å². The molecule has 5 nitrogen and oxygen atoms in total. The van der Waals surface area contributed by atoms with Gasteiger partial charge in [-0.25, -0.2) is 26.3 Å². The lowest BCUT2D eigenvalue weighted by atomic mass is 10.3. The van der Waals surface area contributed by atoms with Crippen molar-refractivity contribution in [2.75, 3.05) is 11.9 Å². The fourth-order valence-electron chi connectivity index (χ4n) is 1.85. The lowest BCUT2D eigenvalue weighted by molar-refractivity contribution is -0.116. The number of carbonyl (C=O) groups is 1. The van der Waals surface area contributed by atoms with E-state index in [0.29, 0.717) is 6.07 Å². The number of anilines is 1. The molecule has 0 saturated carbocycles. The van der Waals surface area contributed by atoms with E-state index in [0.717, 1.165) is 36.4 Å². The van der Waals surface area contributed by atoms with Crippen molar-refractivity contribution in [1.82, 2.24) is 4.72 Å². The molecule has 24 heavy (non-hydrogen) atoms. The highest BCUT2D eigenvalue weighted by Gasteiger charge is 2.14. The molecule has 128 valence electrons. The molecule has 0 unspecified atom stereocenters. The van der Waals surface area contributed by atoms with Gasteiger partial charge in [0, 0.05) is 24.7 Å². The fourth-order valence-corrected chi connectivity index (χ4v) is 2.88. The van der Waals surface area contributed by atoms with E-state index in [-0.39, 0.29) is 23.5 Å². The highest BCUT2D eigenvalue weighted by Crippen LogP contribution is 2.13. The lowest BCUT2D eigenvalue weighted by Gasteiger charge is -2.08. The molecule has 0 atom stereocenters. The van der Waals surface area contributed by atoms with Crippen LogP contribution in [0.15, 0.2) is 47.4 Å². The van der Waals surface area contributed by atoms with Crippen molar-refractivity contribution in [2.45, 2.75) is 11.3 Å². The van der Waals surface area contributed by atoms with E-state index >= 15 is 0 Å². The quantitative estimate of drug-likeness (QED) is 0.833. The van der Waals surface area contributed by atoms with Gasteiger partial charge in [0.05, 0.1) is 4.90 Å². The molecule has 0 saturated heterocycles. The van der Waals surface area contributed by atoms with Crippen molar-refractivity contribution in [3.8, 4) is 0 Å². The predicted octanol–water partition coefficient (Wildman–Crippen LogP) is 2.41. The molecule has 0 fully saturated rings. The van der Waals surface area contributed by atoms with Crippen LogP contribution in [0.4, 0.5) is 18.9 Å². The van der Waals surface area contributed by atoms with E-state index in [4.69, 9.17) is 0 Å². The van der Waals surface area contributed by atoms with Crippen LogP contribution in [0.3, 0.4) is 0 Å². The number of nitrogens with one attached hydrogen (secondary N) is 2. The summed E-state index contributed by atoms with van der Waals surface area (Å²) >= 11 is 0. The summed E-state index contributed by atoms with van der Waals surface area (Å²) in [6.45, 7) is -0.233. The number of sulfonamides is 1. The zero-order valence-electron chi connectivity index (χ0n) is 12.2. The second-order valence-corrected chi connectivity index (χ2v) is 6.57. The Kier molecular flexibility index (Phi) is 5.58. The Bertz CT molecular complexity index is 819. The third kappa shape index (κ3) is 5.07. The van der Waals surface area contributed by atoms with E-state index in [2.05, 4.69) is 10.0 Å². The van der Waals surface area contributed by atoms with E-state index in [1.807, 2.05) is 0 Å². The van der Waals surface area contributed by atoms with Crippen LogP contribution in [0.1, 0.15) is 6.42 Å². The van der Waals surface area contributed by atoms with Gasteiger partial charge in [-0.05, 0) is 36.4 Å². The summed E-state index contributed by atoms with van der Waals surface area (Å²) in [5.41, 5.74) is -0.0705. The minimum atomic E-state index is -3.88. The maximum atomic E-state index is 13.0. The first kappa shape index (κ1) is 18.0. The van der Waals surface area contributed by atoms with Crippen LogP contribution in [0, 0.1) is 17.5 Å². The van der Waals surface area contributed by atoms with Gasteiger partial charge in [-0.3, -0.25) is 4.79 Å². The van der Waals surface area contributed by atoms with E-state index < -0.39 is 33.4 Å². The molecule has 0 radical (unpaired) electrons. The molecule has 0 heterocycles. The summed E-state index contributed by atoms with van der Waals surface area (Å²) < 4.78 is 64.8. The van der Waals surface area contributed by atoms with Gasteiger partial charge < -0.3 is 5.32 Å². The second kappa shape index (κ2) is 7.45.